The van der Waals surface area contributed by atoms with E-state index in [9.17, 15) is 14.0 Å². The molecule has 0 spiro atoms. The average Bonchev–Trinajstić information content (AvgIpc) is 3.20. The van der Waals surface area contributed by atoms with Gasteiger partial charge in [0.15, 0.2) is 0 Å². The first kappa shape index (κ1) is 18.9. The number of rotatable bonds is 3. The first-order chi connectivity index (χ1) is 14.0. The van der Waals surface area contributed by atoms with Gasteiger partial charge in [0.05, 0.1) is 11.4 Å². The molecule has 29 heavy (non-hydrogen) atoms. The lowest BCUT2D eigenvalue weighted by atomic mass is 10.1. The molecule has 2 aromatic carbocycles. The molecule has 0 aliphatic carbocycles. The van der Waals surface area contributed by atoms with Crippen LogP contribution in [0.4, 0.5) is 4.39 Å². The number of hydrogen-bond acceptors (Lipinski definition) is 3. The van der Waals surface area contributed by atoms with Crippen LogP contribution in [0.2, 0.25) is 0 Å². The number of amides is 2. The van der Waals surface area contributed by atoms with E-state index in [1.54, 1.807) is 32.7 Å². The van der Waals surface area contributed by atoms with Gasteiger partial charge in [0.2, 0.25) is 5.91 Å². The van der Waals surface area contributed by atoms with Gasteiger partial charge in [-0.3, -0.25) is 9.59 Å². The molecule has 0 atom stereocenters. The third-order valence-electron chi connectivity index (χ3n) is 5.08. The fourth-order valence-corrected chi connectivity index (χ4v) is 3.45. The molecule has 1 saturated heterocycles. The van der Waals surface area contributed by atoms with E-state index in [2.05, 4.69) is 5.10 Å². The third kappa shape index (κ3) is 3.89. The second kappa shape index (κ2) is 7.87. The highest BCUT2D eigenvalue weighted by Gasteiger charge is 2.27. The summed E-state index contributed by atoms with van der Waals surface area (Å²) in [6.07, 6.45) is 0. The van der Waals surface area contributed by atoms with Gasteiger partial charge in [-0.15, -0.1) is 0 Å². The van der Waals surface area contributed by atoms with Gasteiger partial charge in [0.1, 0.15) is 11.5 Å². The smallest absolute Gasteiger partial charge is 0.272 e. The van der Waals surface area contributed by atoms with Crippen molar-refractivity contribution in [2.24, 2.45) is 0 Å². The molecular formula is C22H21FN4O2. The highest BCUT2D eigenvalue weighted by Crippen LogP contribution is 2.23. The van der Waals surface area contributed by atoms with Crippen molar-refractivity contribution in [3.05, 3.63) is 72.2 Å². The summed E-state index contributed by atoms with van der Waals surface area (Å²) in [7, 11) is 0. The van der Waals surface area contributed by atoms with Crippen molar-refractivity contribution >= 4 is 11.8 Å². The predicted molar refractivity (Wildman–Crippen MR) is 107 cm³/mol. The molecule has 3 aromatic rings. The molecule has 1 fully saturated rings. The maximum Gasteiger partial charge on any atom is 0.272 e. The second-order valence-electron chi connectivity index (χ2n) is 6.97. The van der Waals surface area contributed by atoms with E-state index >= 15 is 0 Å². The molecule has 0 radical (unpaired) electrons. The molecule has 0 saturated carbocycles. The zero-order chi connectivity index (χ0) is 20.4. The summed E-state index contributed by atoms with van der Waals surface area (Å²) in [5.41, 5.74) is 2.54. The van der Waals surface area contributed by atoms with Crippen LogP contribution in [0, 0.1) is 5.82 Å². The summed E-state index contributed by atoms with van der Waals surface area (Å²) in [4.78, 5) is 28.3. The van der Waals surface area contributed by atoms with Crippen LogP contribution < -0.4 is 0 Å². The number of nitrogens with zero attached hydrogens (tertiary/aromatic N) is 4. The van der Waals surface area contributed by atoms with Crippen molar-refractivity contribution in [3.8, 4) is 16.9 Å². The minimum absolute atomic E-state index is 0.0185. The third-order valence-corrected chi connectivity index (χ3v) is 5.08. The molecular weight excluding hydrogens is 371 g/mol. The van der Waals surface area contributed by atoms with Crippen LogP contribution in [-0.2, 0) is 4.79 Å². The second-order valence-corrected chi connectivity index (χ2v) is 6.97. The standard InChI is InChI=1S/C22H21FN4O2/c1-16(28)25-11-13-26(14-12-25)22(29)21-15-20(17-7-9-18(23)10-8-17)24-27(21)19-5-3-2-4-6-19/h2-10,15H,11-14H2,1H3. The maximum absolute atomic E-state index is 13.3. The molecule has 6 nitrogen and oxygen atoms in total. The quantitative estimate of drug-likeness (QED) is 0.689. The Hall–Kier alpha value is -3.48. The van der Waals surface area contributed by atoms with Gasteiger partial charge >= 0.3 is 0 Å². The van der Waals surface area contributed by atoms with Gasteiger partial charge in [0.25, 0.3) is 5.91 Å². The lowest BCUT2D eigenvalue weighted by molar-refractivity contribution is -0.130. The van der Waals surface area contributed by atoms with Crippen molar-refractivity contribution in [2.75, 3.05) is 26.2 Å². The summed E-state index contributed by atoms with van der Waals surface area (Å²) in [6.45, 7) is 3.53. The number of para-hydroxylation sites is 1. The first-order valence-corrected chi connectivity index (χ1v) is 9.49. The largest absolute Gasteiger partial charge is 0.339 e. The molecule has 4 rings (SSSR count). The molecule has 2 heterocycles. The van der Waals surface area contributed by atoms with Gasteiger partial charge in [-0.05, 0) is 42.5 Å². The van der Waals surface area contributed by atoms with Crippen LogP contribution in [0.15, 0.2) is 60.7 Å². The van der Waals surface area contributed by atoms with E-state index < -0.39 is 0 Å². The Balaban J connectivity index is 1.68. The number of hydrogen-bond donors (Lipinski definition) is 0. The van der Waals surface area contributed by atoms with Crippen molar-refractivity contribution < 1.29 is 14.0 Å². The monoisotopic (exact) mass is 392 g/mol. The lowest BCUT2D eigenvalue weighted by Gasteiger charge is -2.34. The summed E-state index contributed by atoms with van der Waals surface area (Å²) >= 11 is 0. The minimum atomic E-state index is -0.323. The van der Waals surface area contributed by atoms with Crippen molar-refractivity contribution in [1.82, 2.24) is 19.6 Å². The Morgan fingerprint density at radius 2 is 1.52 bits per heavy atom. The molecule has 148 valence electrons. The number of benzene rings is 2. The van der Waals surface area contributed by atoms with E-state index in [1.165, 1.54) is 19.1 Å². The maximum atomic E-state index is 13.3. The first-order valence-electron chi connectivity index (χ1n) is 9.49. The minimum Gasteiger partial charge on any atom is -0.339 e. The van der Waals surface area contributed by atoms with Crippen molar-refractivity contribution in [2.45, 2.75) is 6.92 Å². The molecule has 1 aliphatic rings. The Labute approximate surface area is 168 Å². The molecule has 0 N–H and O–H groups in total. The topological polar surface area (TPSA) is 58.4 Å². The van der Waals surface area contributed by atoms with Gasteiger partial charge in [0, 0.05) is 38.7 Å². The number of carbonyl (C=O) groups is 2. The molecule has 0 unspecified atom stereocenters. The highest BCUT2D eigenvalue weighted by atomic mass is 19.1. The molecule has 1 aromatic heterocycles. The Kier molecular flexibility index (Phi) is 5.12. The van der Waals surface area contributed by atoms with Gasteiger partial charge in [-0.2, -0.15) is 5.10 Å². The highest BCUT2D eigenvalue weighted by molar-refractivity contribution is 5.94. The van der Waals surface area contributed by atoms with Gasteiger partial charge < -0.3 is 9.80 Å². The zero-order valence-corrected chi connectivity index (χ0v) is 16.1. The van der Waals surface area contributed by atoms with E-state index in [4.69, 9.17) is 0 Å². The molecule has 0 bridgehead atoms. The lowest BCUT2D eigenvalue weighted by Crippen LogP contribution is -2.50. The van der Waals surface area contributed by atoms with E-state index in [-0.39, 0.29) is 17.6 Å². The average molecular weight is 392 g/mol. The van der Waals surface area contributed by atoms with Crippen LogP contribution in [-0.4, -0.2) is 57.6 Å². The van der Waals surface area contributed by atoms with Crippen LogP contribution in [0.25, 0.3) is 16.9 Å². The Morgan fingerprint density at radius 3 is 2.14 bits per heavy atom. The van der Waals surface area contributed by atoms with Crippen molar-refractivity contribution in [3.63, 3.8) is 0 Å². The van der Waals surface area contributed by atoms with E-state index in [0.717, 1.165) is 11.3 Å². The Morgan fingerprint density at radius 1 is 0.897 bits per heavy atom. The van der Waals surface area contributed by atoms with Gasteiger partial charge in [-0.25, -0.2) is 9.07 Å². The number of piperazine rings is 1. The predicted octanol–water partition coefficient (Wildman–Crippen LogP) is 2.98. The summed E-state index contributed by atoms with van der Waals surface area (Å²) in [5.74, 6) is -0.446. The molecule has 2 amide bonds. The van der Waals surface area contributed by atoms with Crippen molar-refractivity contribution in [1.29, 1.82) is 0 Å². The fourth-order valence-electron chi connectivity index (χ4n) is 3.45. The summed E-state index contributed by atoms with van der Waals surface area (Å²) in [6, 6.07) is 17.2. The fraction of sp³-hybridized carbons (Fsp3) is 0.227. The SMILES string of the molecule is CC(=O)N1CCN(C(=O)c2cc(-c3ccc(F)cc3)nn2-c2ccccc2)CC1. The van der Waals surface area contributed by atoms with E-state index in [1.807, 2.05) is 30.3 Å². The van der Waals surface area contributed by atoms with E-state index in [0.29, 0.717) is 37.6 Å². The summed E-state index contributed by atoms with van der Waals surface area (Å²) in [5, 5.41) is 4.62. The Bertz CT molecular complexity index is 1020. The molecule has 7 heteroatoms. The zero-order valence-electron chi connectivity index (χ0n) is 16.1. The number of aromatic nitrogens is 2. The van der Waals surface area contributed by atoms with Crippen LogP contribution in [0.1, 0.15) is 17.4 Å². The number of halogens is 1. The van der Waals surface area contributed by atoms with Crippen LogP contribution in [0.3, 0.4) is 0 Å². The summed E-state index contributed by atoms with van der Waals surface area (Å²) < 4.78 is 14.9. The number of carbonyl (C=O) groups excluding carboxylic acids is 2. The van der Waals surface area contributed by atoms with Crippen LogP contribution in [0.5, 0.6) is 0 Å². The van der Waals surface area contributed by atoms with Crippen LogP contribution >= 0.6 is 0 Å². The normalized spacial score (nSPS) is 14.1. The van der Waals surface area contributed by atoms with Gasteiger partial charge in [-0.1, -0.05) is 18.2 Å². The molecule has 1 aliphatic heterocycles.